The quantitative estimate of drug-likeness (QED) is 0.385. The topological polar surface area (TPSA) is 148 Å². The molecule has 0 bridgehead atoms. The minimum Gasteiger partial charge on any atom is -0.455 e. The van der Waals surface area contributed by atoms with Gasteiger partial charge in [0.1, 0.15) is 5.56 Å². The van der Waals surface area contributed by atoms with Gasteiger partial charge in [0, 0.05) is 18.2 Å². The third-order valence-corrected chi connectivity index (χ3v) is 4.44. The number of benzene rings is 2. The number of amides is 3. The number of nitrogens with one attached hydrogen (secondary N) is 2. The molecule has 0 spiro atoms. The molecule has 2 N–H and O–H groups in total. The summed E-state index contributed by atoms with van der Waals surface area (Å²) in [4.78, 5) is 58.9. The number of nitrogens with zero attached hydrogens (tertiary/aromatic N) is 2. The molecule has 31 heavy (non-hydrogen) atoms. The van der Waals surface area contributed by atoms with Gasteiger partial charge in [-0.2, -0.15) is 0 Å². The molecule has 0 aliphatic carbocycles. The summed E-state index contributed by atoms with van der Waals surface area (Å²) in [6.45, 7) is -0.703. The highest BCUT2D eigenvalue weighted by atomic mass is 16.6. The van der Waals surface area contributed by atoms with E-state index in [9.17, 15) is 29.3 Å². The Morgan fingerprint density at radius 1 is 1.10 bits per heavy atom. The van der Waals surface area contributed by atoms with Crippen molar-refractivity contribution in [2.45, 2.75) is 6.42 Å². The summed E-state index contributed by atoms with van der Waals surface area (Å²) in [6, 6.07) is 13.9. The number of nitro benzene ring substituents is 1. The fourth-order valence-electron chi connectivity index (χ4n) is 2.95. The maximum Gasteiger partial charge on any atom is 0.311 e. The molecule has 1 fully saturated rings. The molecule has 3 rings (SSSR count). The molecule has 1 saturated heterocycles. The van der Waals surface area contributed by atoms with E-state index >= 15 is 0 Å². The monoisotopic (exact) mass is 426 g/mol. The van der Waals surface area contributed by atoms with Crippen molar-refractivity contribution >= 4 is 35.1 Å². The Kier molecular flexibility index (Phi) is 6.55. The molecule has 2 aromatic carbocycles. The van der Waals surface area contributed by atoms with E-state index in [-0.39, 0.29) is 18.5 Å². The molecule has 11 nitrogen and oxygen atoms in total. The molecular formula is C20H18N4O7. The smallest absolute Gasteiger partial charge is 0.311 e. The van der Waals surface area contributed by atoms with Crippen LogP contribution < -0.4 is 10.7 Å². The number of hydrogen-bond acceptors (Lipinski definition) is 7. The van der Waals surface area contributed by atoms with Gasteiger partial charge < -0.3 is 10.1 Å². The van der Waals surface area contributed by atoms with E-state index in [0.29, 0.717) is 5.69 Å². The molecular weight excluding hydrogens is 408 g/mol. The van der Waals surface area contributed by atoms with Crippen LogP contribution in [0.15, 0.2) is 54.6 Å². The first-order valence-corrected chi connectivity index (χ1v) is 9.21. The van der Waals surface area contributed by atoms with Crippen LogP contribution in [0.1, 0.15) is 16.8 Å². The van der Waals surface area contributed by atoms with E-state index in [1.807, 2.05) is 0 Å². The van der Waals surface area contributed by atoms with Gasteiger partial charge in [0.05, 0.1) is 17.4 Å². The van der Waals surface area contributed by atoms with Crippen molar-refractivity contribution < 1.29 is 28.8 Å². The third-order valence-electron chi connectivity index (χ3n) is 4.44. The molecule has 2 aromatic rings. The van der Waals surface area contributed by atoms with Gasteiger partial charge in [-0.1, -0.05) is 30.3 Å². The number of carbonyl (C=O) groups excluding carboxylic acids is 4. The van der Waals surface area contributed by atoms with E-state index in [1.54, 1.807) is 30.3 Å². The van der Waals surface area contributed by atoms with Crippen LogP contribution in [0.5, 0.6) is 0 Å². The van der Waals surface area contributed by atoms with Crippen LogP contribution in [-0.4, -0.2) is 46.8 Å². The van der Waals surface area contributed by atoms with Gasteiger partial charge >= 0.3 is 5.97 Å². The SMILES string of the molecule is O=C(COC(=O)[C@H]1CC(=O)N(NC(=O)c2ccccc2[N+](=O)[O-])C1)Nc1ccccc1. The van der Waals surface area contributed by atoms with Crippen molar-refractivity contribution in [3.63, 3.8) is 0 Å². The number of hydrazine groups is 1. The molecule has 0 unspecified atom stereocenters. The number of rotatable bonds is 7. The molecule has 1 aliphatic rings. The number of ether oxygens (including phenoxy) is 1. The summed E-state index contributed by atoms with van der Waals surface area (Å²) in [7, 11) is 0. The first-order valence-electron chi connectivity index (χ1n) is 9.21. The highest BCUT2D eigenvalue weighted by Crippen LogP contribution is 2.20. The second kappa shape index (κ2) is 9.48. The van der Waals surface area contributed by atoms with Crippen LogP contribution in [0.3, 0.4) is 0 Å². The van der Waals surface area contributed by atoms with Crippen LogP contribution >= 0.6 is 0 Å². The molecule has 160 valence electrons. The molecule has 11 heteroatoms. The second-order valence-corrected chi connectivity index (χ2v) is 6.64. The van der Waals surface area contributed by atoms with Crippen molar-refractivity contribution in [1.82, 2.24) is 10.4 Å². The summed E-state index contributed by atoms with van der Waals surface area (Å²) in [6.07, 6.45) is -0.226. The predicted molar refractivity (Wildman–Crippen MR) is 106 cm³/mol. The summed E-state index contributed by atoms with van der Waals surface area (Å²) in [5.41, 5.74) is 2.19. The lowest BCUT2D eigenvalue weighted by Crippen LogP contribution is -2.43. The lowest BCUT2D eigenvalue weighted by atomic mass is 10.1. The number of hydrogen-bond donors (Lipinski definition) is 2. The van der Waals surface area contributed by atoms with Gasteiger partial charge in [0.15, 0.2) is 6.61 Å². The number of esters is 1. The number of nitro groups is 1. The molecule has 3 amide bonds. The summed E-state index contributed by atoms with van der Waals surface area (Å²) < 4.78 is 4.96. The van der Waals surface area contributed by atoms with Gasteiger partial charge in [-0.15, -0.1) is 0 Å². The van der Waals surface area contributed by atoms with Gasteiger partial charge in [0.25, 0.3) is 17.5 Å². The largest absolute Gasteiger partial charge is 0.455 e. The second-order valence-electron chi connectivity index (χ2n) is 6.64. The Balaban J connectivity index is 1.52. The standard InChI is InChI=1S/C20H18N4O7/c25-17(21-14-6-2-1-3-7-14)12-31-20(28)13-10-18(26)23(11-13)22-19(27)15-8-4-5-9-16(15)24(29)30/h1-9,13H,10-12H2,(H,21,25)(H,22,27)/t13-/m0/s1. The maximum atomic E-state index is 12.4. The fourth-order valence-corrected chi connectivity index (χ4v) is 2.95. The van der Waals surface area contributed by atoms with Gasteiger partial charge in [-0.3, -0.25) is 39.7 Å². The predicted octanol–water partition coefficient (Wildman–Crippen LogP) is 1.27. The first kappa shape index (κ1) is 21.4. The number of anilines is 1. The van der Waals surface area contributed by atoms with Crippen LogP contribution in [0.4, 0.5) is 11.4 Å². The zero-order chi connectivity index (χ0) is 22.4. The lowest BCUT2D eigenvalue weighted by Gasteiger charge is -2.17. The van der Waals surface area contributed by atoms with Crippen LogP contribution in [-0.2, 0) is 19.1 Å². The Hall–Kier alpha value is -4.28. The molecule has 1 atom stereocenters. The average molecular weight is 426 g/mol. The lowest BCUT2D eigenvalue weighted by molar-refractivity contribution is -0.385. The van der Waals surface area contributed by atoms with Crippen molar-refractivity contribution in [2.24, 2.45) is 5.92 Å². The summed E-state index contributed by atoms with van der Waals surface area (Å²) in [5, 5.41) is 14.5. The fraction of sp³-hybridized carbons (Fsp3) is 0.200. The number of carbonyl (C=O) groups is 4. The summed E-state index contributed by atoms with van der Waals surface area (Å²) in [5.74, 6) is -3.59. The number of para-hydroxylation sites is 2. The van der Waals surface area contributed by atoms with Gasteiger partial charge in [0.2, 0.25) is 5.91 Å². The van der Waals surface area contributed by atoms with Crippen molar-refractivity contribution in [3.05, 3.63) is 70.3 Å². The molecule has 0 radical (unpaired) electrons. The normalized spacial score (nSPS) is 15.3. The van der Waals surface area contributed by atoms with Gasteiger partial charge in [-0.05, 0) is 18.2 Å². The van der Waals surface area contributed by atoms with E-state index < -0.39 is 46.8 Å². The minimum absolute atomic E-state index is 0.176. The van der Waals surface area contributed by atoms with Crippen molar-refractivity contribution in [1.29, 1.82) is 0 Å². The van der Waals surface area contributed by atoms with E-state index in [2.05, 4.69) is 10.7 Å². The van der Waals surface area contributed by atoms with Gasteiger partial charge in [-0.25, -0.2) is 0 Å². The highest BCUT2D eigenvalue weighted by Gasteiger charge is 2.37. The average Bonchev–Trinajstić information content (AvgIpc) is 3.13. The Morgan fingerprint density at radius 3 is 2.48 bits per heavy atom. The van der Waals surface area contributed by atoms with Crippen LogP contribution in [0.25, 0.3) is 0 Å². The van der Waals surface area contributed by atoms with Crippen molar-refractivity contribution in [3.8, 4) is 0 Å². The van der Waals surface area contributed by atoms with Crippen LogP contribution in [0.2, 0.25) is 0 Å². The third kappa shape index (κ3) is 5.41. The Morgan fingerprint density at radius 2 is 1.77 bits per heavy atom. The molecule has 1 aliphatic heterocycles. The van der Waals surface area contributed by atoms with E-state index in [1.165, 1.54) is 24.3 Å². The highest BCUT2D eigenvalue weighted by molar-refractivity contribution is 5.99. The minimum atomic E-state index is -0.886. The first-order chi connectivity index (χ1) is 14.8. The molecule has 0 aromatic heterocycles. The Labute approximate surface area is 176 Å². The van der Waals surface area contributed by atoms with E-state index in [0.717, 1.165) is 5.01 Å². The van der Waals surface area contributed by atoms with Crippen LogP contribution in [0, 0.1) is 16.0 Å². The summed E-state index contributed by atoms with van der Waals surface area (Å²) >= 11 is 0. The van der Waals surface area contributed by atoms with Crippen molar-refractivity contribution in [2.75, 3.05) is 18.5 Å². The maximum absolute atomic E-state index is 12.4. The van der Waals surface area contributed by atoms with E-state index in [4.69, 9.17) is 4.74 Å². The molecule has 1 heterocycles. The molecule has 0 saturated carbocycles. The Bertz CT molecular complexity index is 1030. The zero-order valence-electron chi connectivity index (χ0n) is 16.1. The zero-order valence-corrected chi connectivity index (χ0v) is 16.1.